The van der Waals surface area contributed by atoms with Gasteiger partial charge in [-0.1, -0.05) is 21.1 Å². The van der Waals surface area contributed by atoms with Crippen LogP contribution in [0.15, 0.2) is 28.9 Å². The van der Waals surface area contributed by atoms with Crippen LogP contribution in [0.5, 0.6) is 0 Å². The first-order valence-electron chi connectivity index (χ1n) is 4.63. The fourth-order valence-corrected chi connectivity index (χ4v) is 2.12. The molecule has 0 aliphatic carbocycles. The summed E-state index contributed by atoms with van der Waals surface area (Å²) in [5, 5.41) is 8.78. The summed E-state index contributed by atoms with van der Waals surface area (Å²) in [7, 11) is 0. The number of alkyl halides is 1. The lowest BCUT2D eigenvalue weighted by molar-refractivity contribution is 0.624. The van der Waals surface area contributed by atoms with Crippen LogP contribution in [0.4, 0.5) is 4.39 Å². The molecule has 0 spiro atoms. The van der Waals surface area contributed by atoms with Crippen molar-refractivity contribution in [3.8, 4) is 5.69 Å². The van der Waals surface area contributed by atoms with Gasteiger partial charge in [0.1, 0.15) is 5.82 Å². The van der Waals surface area contributed by atoms with E-state index in [1.165, 1.54) is 12.1 Å². The van der Waals surface area contributed by atoms with Crippen molar-refractivity contribution in [1.29, 1.82) is 0 Å². The van der Waals surface area contributed by atoms with Crippen molar-refractivity contribution in [2.75, 3.05) is 5.33 Å². The Balaban J connectivity index is 2.38. The molecule has 1 aromatic carbocycles. The Bertz CT molecular complexity index is 499. The zero-order valence-corrected chi connectivity index (χ0v) is 11.4. The summed E-state index contributed by atoms with van der Waals surface area (Å²) in [5.41, 5.74) is 1.52. The molecule has 0 amide bonds. The highest BCUT2D eigenvalue weighted by molar-refractivity contribution is 9.10. The van der Waals surface area contributed by atoms with Gasteiger partial charge in [-0.3, -0.25) is 0 Å². The molecule has 2 aromatic rings. The van der Waals surface area contributed by atoms with Crippen LogP contribution >= 0.6 is 31.9 Å². The molecule has 16 heavy (non-hydrogen) atoms. The van der Waals surface area contributed by atoms with E-state index in [1.807, 2.05) is 0 Å². The predicted octanol–water partition coefficient (Wildman–Crippen LogP) is 3.11. The zero-order valence-electron chi connectivity index (χ0n) is 8.20. The summed E-state index contributed by atoms with van der Waals surface area (Å²) in [5.74, 6) is -0.296. The summed E-state index contributed by atoms with van der Waals surface area (Å²) in [6, 6.07) is 4.46. The maximum Gasteiger partial charge on any atom is 0.125 e. The molecule has 1 heterocycles. The molecular weight excluding hydrogens is 341 g/mol. The number of rotatable bonds is 3. The Labute approximate surface area is 109 Å². The SMILES string of the molecule is Fc1ccc(Br)c(-n2cc(CCBr)nn2)c1. The van der Waals surface area contributed by atoms with Crippen molar-refractivity contribution in [2.24, 2.45) is 0 Å². The normalized spacial score (nSPS) is 10.7. The minimum Gasteiger partial charge on any atom is -0.219 e. The topological polar surface area (TPSA) is 30.7 Å². The van der Waals surface area contributed by atoms with Gasteiger partial charge in [0.05, 0.1) is 17.6 Å². The van der Waals surface area contributed by atoms with Crippen molar-refractivity contribution < 1.29 is 4.39 Å². The number of halogens is 3. The van der Waals surface area contributed by atoms with E-state index in [0.717, 1.165) is 21.9 Å². The van der Waals surface area contributed by atoms with Crippen molar-refractivity contribution in [3.05, 3.63) is 40.4 Å². The highest BCUT2D eigenvalue weighted by atomic mass is 79.9. The number of aromatic nitrogens is 3. The van der Waals surface area contributed by atoms with Crippen LogP contribution in [0, 0.1) is 5.82 Å². The Kier molecular flexibility index (Phi) is 3.70. The number of hydrogen-bond donors (Lipinski definition) is 0. The van der Waals surface area contributed by atoms with E-state index in [-0.39, 0.29) is 5.82 Å². The maximum absolute atomic E-state index is 13.1. The van der Waals surface area contributed by atoms with Crippen LogP contribution in [0.1, 0.15) is 5.69 Å². The van der Waals surface area contributed by atoms with Gasteiger partial charge in [0, 0.05) is 22.3 Å². The highest BCUT2D eigenvalue weighted by Gasteiger charge is 2.07. The molecule has 0 fully saturated rings. The Hall–Kier alpha value is -0.750. The van der Waals surface area contributed by atoms with E-state index >= 15 is 0 Å². The van der Waals surface area contributed by atoms with Crippen LogP contribution in [0.3, 0.4) is 0 Å². The second-order valence-electron chi connectivity index (χ2n) is 3.19. The number of benzene rings is 1. The first-order valence-corrected chi connectivity index (χ1v) is 6.55. The zero-order chi connectivity index (χ0) is 11.5. The van der Waals surface area contributed by atoms with Crippen molar-refractivity contribution in [3.63, 3.8) is 0 Å². The largest absolute Gasteiger partial charge is 0.219 e. The van der Waals surface area contributed by atoms with E-state index in [2.05, 4.69) is 42.2 Å². The summed E-state index contributed by atoms with van der Waals surface area (Å²) in [4.78, 5) is 0. The standard InChI is InChI=1S/C10H8Br2FN3/c11-4-3-8-6-16(15-14-8)10-5-7(13)1-2-9(10)12/h1-2,5-6H,3-4H2. The van der Waals surface area contributed by atoms with Gasteiger partial charge in [0.25, 0.3) is 0 Å². The molecule has 0 aliphatic heterocycles. The number of aryl methyl sites for hydroxylation is 1. The fraction of sp³-hybridized carbons (Fsp3) is 0.200. The second-order valence-corrected chi connectivity index (χ2v) is 4.84. The van der Waals surface area contributed by atoms with Gasteiger partial charge < -0.3 is 0 Å². The van der Waals surface area contributed by atoms with Gasteiger partial charge in [0.15, 0.2) is 0 Å². The quantitative estimate of drug-likeness (QED) is 0.798. The lowest BCUT2D eigenvalue weighted by Gasteiger charge is -2.02. The first-order chi connectivity index (χ1) is 7.70. The van der Waals surface area contributed by atoms with Crippen molar-refractivity contribution in [2.45, 2.75) is 6.42 Å². The lowest BCUT2D eigenvalue weighted by atomic mass is 10.3. The summed E-state index contributed by atoms with van der Waals surface area (Å²) in [6.45, 7) is 0. The smallest absolute Gasteiger partial charge is 0.125 e. The van der Waals surface area contributed by atoms with Crippen molar-refractivity contribution in [1.82, 2.24) is 15.0 Å². The van der Waals surface area contributed by atoms with Gasteiger partial charge in [-0.05, 0) is 28.1 Å². The molecule has 0 radical (unpaired) electrons. The molecule has 3 nitrogen and oxygen atoms in total. The molecule has 1 aromatic heterocycles. The van der Waals surface area contributed by atoms with Crippen LogP contribution < -0.4 is 0 Å². The van der Waals surface area contributed by atoms with E-state index in [4.69, 9.17) is 0 Å². The van der Waals surface area contributed by atoms with Gasteiger partial charge in [-0.25, -0.2) is 9.07 Å². The number of hydrogen-bond acceptors (Lipinski definition) is 2. The van der Waals surface area contributed by atoms with Gasteiger partial charge in [-0.2, -0.15) is 0 Å². The molecule has 6 heteroatoms. The maximum atomic E-state index is 13.1. The Morgan fingerprint density at radius 2 is 2.19 bits per heavy atom. The third-order valence-electron chi connectivity index (χ3n) is 2.05. The van der Waals surface area contributed by atoms with E-state index in [1.54, 1.807) is 16.9 Å². The molecule has 0 N–H and O–H groups in total. The van der Waals surface area contributed by atoms with Crippen molar-refractivity contribution >= 4 is 31.9 Å². The monoisotopic (exact) mass is 347 g/mol. The number of nitrogens with zero attached hydrogens (tertiary/aromatic N) is 3. The molecule has 0 atom stereocenters. The third-order valence-corrected chi connectivity index (χ3v) is 3.11. The van der Waals surface area contributed by atoms with E-state index in [0.29, 0.717) is 5.69 Å². The molecule has 2 rings (SSSR count). The average Bonchev–Trinajstić information content (AvgIpc) is 2.71. The second kappa shape index (κ2) is 5.05. The Morgan fingerprint density at radius 1 is 1.38 bits per heavy atom. The molecule has 0 saturated heterocycles. The lowest BCUT2D eigenvalue weighted by Crippen LogP contribution is -1.96. The molecule has 0 aliphatic rings. The van der Waals surface area contributed by atoms with Gasteiger partial charge in [0.2, 0.25) is 0 Å². The van der Waals surface area contributed by atoms with Crippen LogP contribution in [-0.4, -0.2) is 20.3 Å². The average molecular weight is 349 g/mol. The summed E-state index contributed by atoms with van der Waals surface area (Å²) in [6.07, 6.45) is 2.59. The molecule has 0 unspecified atom stereocenters. The van der Waals surface area contributed by atoms with Gasteiger partial charge >= 0.3 is 0 Å². The molecule has 84 valence electrons. The van der Waals surface area contributed by atoms with E-state index < -0.39 is 0 Å². The van der Waals surface area contributed by atoms with Crippen LogP contribution in [0.2, 0.25) is 0 Å². The van der Waals surface area contributed by atoms with Crippen LogP contribution in [0.25, 0.3) is 5.69 Å². The first kappa shape index (κ1) is 11.7. The van der Waals surface area contributed by atoms with Gasteiger partial charge in [-0.15, -0.1) is 5.10 Å². The summed E-state index contributed by atoms with van der Waals surface area (Å²) < 4.78 is 15.4. The Morgan fingerprint density at radius 3 is 2.94 bits per heavy atom. The molecular formula is C10H8Br2FN3. The minimum atomic E-state index is -0.296. The predicted molar refractivity (Wildman–Crippen MR) is 66.5 cm³/mol. The minimum absolute atomic E-state index is 0.296. The van der Waals surface area contributed by atoms with Crippen LogP contribution in [-0.2, 0) is 6.42 Å². The van der Waals surface area contributed by atoms with E-state index in [9.17, 15) is 4.39 Å². The third kappa shape index (κ3) is 2.49. The molecule has 0 saturated carbocycles. The fourth-order valence-electron chi connectivity index (χ4n) is 1.29. The summed E-state index contributed by atoms with van der Waals surface area (Å²) >= 11 is 6.68. The molecule has 0 bridgehead atoms. The highest BCUT2D eigenvalue weighted by Crippen LogP contribution is 2.21.